The molecule has 1 aromatic rings. The second-order valence-electron chi connectivity index (χ2n) is 6.67. The summed E-state index contributed by atoms with van der Waals surface area (Å²) in [6.45, 7) is 11.6. The van der Waals surface area contributed by atoms with Gasteiger partial charge >= 0.3 is 0 Å². The minimum Gasteiger partial charge on any atom is -0.413 e. The summed E-state index contributed by atoms with van der Waals surface area (Å²) >= 11 is 0. The van der Waals surface area contributed by atoms with Crippen molar-refractivity contribution in [2.24, 2.45) is 5.14 Å². The molecule has 0 aliphatic rings. The highest BCUT2D eigenvalue weighted by Gasteiger charge is 2.36. The van der Waals surface area contributed by atoms with Crippen LogP contribution in [0.5, 0.6) is 0 Å². The van der Waals surface area contributed by atoms with Gasteiger partial charge in [0.05, 0.1) is 12.4 Å². The first kappa shape index (κ1) is 17.4. The van der Waals surface area contributed by atoms with Crippen molar-refractivity contribution in [3.05, 3.63) is 35.4 Å². The molecule has 0 aromatic heterocycles. The van der Waals surface area contributed by atoms with E-state index in [0.717, 1.165) is 5.56 Å². The third-order valence-corrected chi connectivity index (χ3v) is 9.01. The first-order valence-electron chi connectivity index (χ1n) is 6.63. The predicted octanol–water partition coefficient (Wildman–Crippen LogP) is 3.00. The van der Waals surface area contributed by atoms with E-state index in [1.54, 1.807) is 12.1 Å². The highest BCUT2D eigenvalue weighted by Crippen LogP contribution is 2.37. The van der Waals surface area contributed by atoms with E-state index in [-0.39, 0.29) is 10.8 Å². The molecule has 0 aliphatic heterocycles. The second kappa shape index (κ2) is 5.97. The molecule has 20 heavy (non-hydrogen) atoms. The van der Waals surface area contributed by atoms with E-state index in [1.165, 1.54) is 0 Å². The van der Waals surface area contributed by atoms with Gasteiger partial charge in [0, 0.05) is 0 Å². The van der Waals surface area contributed by atoms with Gasteiger partial charge in [0.25, 0.3) is 0 Å². The Kier molecular flexibility index (Phi) is 5.18. The number of sulfonamides is 1. The number of benzene rings is 1. The maximum atomic E-state index is 11.0. The molecule has 2 N–H and O–H groups in total. The van der Waals surface area contributed by atoms with Gasteiger partial charge in [-0.2, -0.15) is 0 Å². The lowest BCUT2D eigenvalue weighted by atomic mass is 10.2. The van der Waals surface area contributed by atoms with Gasteiger partial charge in [-0.3, -0.25) is 0 Å². The first-order chi connectivity index (χ1) is 8.91. The predicted molar refractivity (Wildman–Crippen MR) is 85.2 cm³/mol. The molecule has 0 radical (unpaired) electrons. The zero-order valence-electron chi connectivity index (χ0n) is 12.9. The van der Waals surface area contributed by atoms with Gasteiger partial charge in [0.1, 0.15) is 0 Å². The van der Waals surface area contributed by atoms with Gasteiger partial charge in [0.15, 0.2) is 8.32 Å². The molecule has 0 atom stereocenters. The molecule has 1 rings (SSSR count). The van der Waals surface area contributed by atoms with Crippen LogP contribution in [0, 0.1) is 0 Å². The Balaban J connectivity index is 2.68. The number of hydrogen-bond donors (Lipinski definition) is 1. The Hall–Kier alpha value is -0.693. The van der Waals surface area contributed by atoms with Crippen molar-refractivity contribution < 1.29 is 12.8 Å². The quantitative estimate of drug-likeness (QED) is 0.849. The highest BCUT2D eigenvalue weighted by atomic mass is 32.2. The largest absolute Gasteiger partial charge is 0.413 e. The first-order valence-corrected chi connectivity index (χ1v) is 11.3. The summed E-state index contributed by atoms with van der Waals surface area (Å²) in [7, 11) is -5.22. The molecule has 0 heterocycles. The fourth-order valence-corrected chi connectivity index (χ4v) is 3.06. The molecular formula is C14H25NO3SSi. The van der Waals surface area contributed by atoms with Crippen LogP contribution in [0.3, 0.4) is 0 Å². The van der Waals surface area contributed by atoms with Crippen LogP contribution < -0.4 is 5.14 Å². The number of rotatable bonds is 5. The van der Waals surface area contributed by atoms with Crippen LogP contribution in [0.4, 0.5) is 0 Å². The van der Waals surface area contributed by atoms with E-state index in [0.29, 0.717) is 12.2 Å². The van der Waals surface area contributed by atoms with Gasteiger partial charge in [-0.05, 0) is 29.3 Å². The molecule has 6 heteroatoms. The summed E-state index contributed by atoms with van der Waals surface area (Å²) < 4.78 is 28.1. The smallest absolute Gasteiger partial charge is 0.213 e. The van der Waals surface area contributed by atoms with E-state index in [2.05, 4.69) is 33.9 Å². The lowest BCUT2D eigenvalue weighted by Gasteiger charge is -2.36. The van der Waals surface area contributed by atoms with Crippen LogP contribution >= 0.6 is 0 Å². The Morgan fingerprint density at radius 3 is 1.95 bits per heavy atom. The molecule has 0 amide bonds. The zero-order chi connectivity index (χ0) is 15.6. The van der Waals surface area contributed by atoms with E-state index in [4.69, 9.17) is 9.56 Å². The van der Waals surface area contributed by atoms with Crippen molar-refractivity contribution in [3.8, 4) is 0 Å². The normalized spacial score (nSPS) is 13.5. The number of hydrogen-bond acceptors (Lipinski definition) is 3. The molecule has 1 aromatic carbocycles. The molecule has 0 aliphatic carbocycles. The van der Waals surface area contributed by atoms with Crippen molar-refractivity contribution in [2.45, 2.75) is 51.3 Å². The fraction of sp³-hybridized carbons (Fsp3) is 0.571. The third-order valence-electron chi connectivity index (χ3n) is 3.80. The van der Waals surface area contributed by atoms with Gasteiger partial charge in [0.2, 0.25) is 10.0 Å². The molecule has 0 bridgehead atoms. The molecule has 0 unspecified atom stereocenters. The van der Waals surface area contributed by atoms with E-state index < -0.39 is 18.3 Å². The number of nitrogens with two attached hydrogens (primary N) is 1. The van der Waals surface area contributed by atoms with Crippen LogP contribution in [-0.4, -0.2) is 16.7 Å². The van der Waals surface area contributed by atoms with E-state index >= 15 is 0 Å². The summed E-state index contributed by atoms with van der Waals surface area (Å²) in [5.41, 5.74) is 1.75. The minimum atomic E-state index is -3.47. The molecule has 4 nitrogen and oxygen atoms in total. The van der Waals surface area contributed by atoms with Crippen molar-refractivity contribution in [1.82, 2.24) is 0 Å². The Morgan fingerprint density at radius 2 is 1.55 bits per heavy atom. The Labute approximate surface area is 123 Å². The number of primary sulfonamides is 1. The molecule has 0 spiro atoms. The van der Waals surface area contributed by atoms with Gasteiger partial charge in [-0.15, -0.1) is 0 Å². The third kappa shape index (κ3) is 5.36. The van der Waals surface area contributed by atoms with Crippen molar-refractivity contribution >= 4 is 18.3 Å². The summed E-state index contributed by atoms with van der Waals surface area (Å²) in [5, 5.41) is 5.20. The Bertz CT molecular complexity index is 545. The van der Waals surface area contributed by atoms with E-state index in [9.17, 15) is 8.42 Å². The summed E-state index contributed by atoms with van der Waals surface area (Å²) in [6, 6.07) is 7.37. The average Bonchev–Trinajstić information content (AvgIpc) is 2.24. The average molecular weight is 316 g/mol. The van der Waals surface area contributed by atoms with Crippen LogP contribution in [-0.2, 0) is 26.8 Å². The summed E-state index contributed by atoms with van der Waals surface area (Å²) in [4.78, 5) is 0. The van der Waals surface area contributed by atoms with E-state index in [1.807, 2.05) is 12.1 Å². The van der Waals surface area contributed by atoms with Crippen molar-refractivity contribution in [1.29, 1.82) is 0 Å². The van der Waals surface area contributed by atoms with Gasteiger partial charge in [-0.1, -0.05) is 45.0 Å². The van der Waals surface area contributed by atoms with Crippen LogP contribution in [0.15, 0.2) is 24.3 Å². The summed E-state index contributed by atoms with van der Waals surface area (Å²) in [6.07, 6.45) is 0. The van der Waals surface area contributed by atoms with Gasteiger partial charge < -0.3 is 4.43 Å². The molecule has 0 saturated carbocycles. The molecular weight excluding hydrogens is 290 g/mol. The monoisotopic (exact) mass is 315 g/mol. The van der Waals surface area contributed by atoms with Crippen LogP contribution in [0.1, 0.15) is 31.9 Å². The maximum Gasteiger partial charge on any atom is 0.213 e. The molecule has 0 saturated heterocycles. The molecule has 114 valence electrons. The van der Waals surface area contributed by atoms with Crippen molar-refractivity contribution in [3.63, 3.8) is 0 Å². The van der Waals surface area contributed by atoms with Gasteiger partial charge in [-0.25, -0.2) is 13.6 Å². The lowest BCUT2D eigenvalue weighted by molar-refractivity contribution is 0.276. The van der Waals surface area contributed by atoms with Crippen molar-refractivity contribution in [2.75, 3.05) is 0 Å². The van der Waals surface area contributed by atoms with Crippen LogP contribution in [0.2, 0.25) is 18.1 Å². The topological polar surface area (TPSA) is 69.4 Å². The standard InChI is InChI=1S/C14H25NO3SSi/c1-14(2,3)20(4,5)18-10-12-6-8-13(9-7-12)11-19(15,16)17/h6-9H,10-11H2,1-5H3,(H2,15,16,17). The zero-order valence-corrected chi connectivity index (χ0v) is 14.8. The fourth-order valence-electron chi connectivity index (χ4n) is 1.44. The molecule has 0 fully saturated rings. The minimum absolute atomic E-state index is 0.129. The summed E-state index contributed by atoms with van der Waals surface area (Å²) in [5.74, 6) is -0.129. The SMILES string of the molecule is CC(C)(C)[Si](C)(C)OCc1ccc(CS(N)(=O)=O)cc1. The second-order valence-corrected chi connectivity index (χ2v) is 13.1. The maximum absolute atomic E-state index is 11.0. The highest BCUT2D eigenvalue weighted by molar-refractivity contribution is 7.88. The Morgan fingerprint density at radius 1 is 1.10 bits per heavy atom. The van der Waals surface area contributed by atoms with Crippen LogP contribution in [0.25, 0.3) is 0 Å². The lowest BCUT2D eigenvalue weighted by Crippen LogP contribution is -2.40.